The highest BCUT2D eigenvalue weighted by Crippen LogP contribution is 2.48. The molecule has 152 valence electrons. The molecule has 0 aromatic heterocycles. The van der Waals surface area contributed by atoms with Crippen molar-refractivity contribution < 1.29 is 9.59 Å². The van der Waals surface area contributed by atoms with Gasteiger partial charge in [-0.1, -0.05) is 53.7 Å². The number of nitrogens with zero attached hydrogens (tertiary/aromatic N) is 1. The van der Waals surface area contributed by atoms with E-state index in [1.807, 2.05) is 0 Å². The second-order valence-electron chi connectivity index (χ2n) is 9.90. The third-order valence-electron chi connectivity index (χ3n) is 5.88. The summed E-state index contributed by atoms with van der Waals surface area (Å²) in [6.07, 6.45) is 6.91. The van der Waals surface area contributed by atoms with E-state index in [1.165, 1.54) is 39.3 Å². The number of hydrogen-bond donors (Lipinski definition) is 0. The van der Waals surface area contributed by atoms with E-state index in [0.717, 1.165) is 25.7 Å². The summed E-state index contributed by atoms with van der Waals surface area (Å²) in [5.74, 6) is 1.86. The standard InChI is InChI=1S/C25H35NO2/c1-15(2)9-18-12-21-20(11-17(5)6)14-23(26-24(27)7-8-25(26)28)22(21)13-19(18)10-16(3)4/h7-8,12-13,15-17,20,23H,9-11,14H2,1-6H3/t20-,23-/m0/s1. The molecule has 2 aliphatic rings. The molecule has 1 aromatic rings. The van der Waals surface area contributed by atoms with Crippen LogP contribution in [0.3, 0.4) is 0 Å². The number of amides is 2. The lowest BCUT2D eigenvalue weighted by Gasteiger charge is -2.24. The Morgan fingerprint density at radius 3 is 1.79 bits per heavy atom. The van der Waals surface area contributed by atoms with Crippen LogP contribution in [0.25, 0.3) is 0 Å². The van der Waals surface area contributed by atoms with Crippen molar-refractivity contribution in [2.45, 2.75) is 79.2 Å². The average Bonchev–Trinajstić information content (AvgIpc) is 3.06. The summed E-state index contributed by atoms with van der Waals surface area (Å²) in [5.41, 5.74) is 5.42. The molecule has 2 atom stereocenters. The number of carbonyl (C=O) groups is 2. The van der Waals surface area contributed by atoms with Crippen LogP contribution < -0.4 is 0 Å². The number of carbonyl (C=O) groups excluding carboxylic acids is 2. The highest BCUT2D eigenvalue weighted by Gasteiger charge is 2.40. The summed E-state index contributed by atoms with van der Waals surface area (Å²) in [7, 11) is 0. The highest BCUT2D eigenvalue weighted by atomic mass is 16.2. The molecule has 3 heteroatoms. The Hall–Kier alpha value is -1.90. The highest BCUT2D eigenvalue weighted by molar-refractivity contribution is 6.13. The first-order valence-corrected chi connectivity index (χ1v) is 10.9. The Bertz CT molecular complexity index is 770. The SMILES string of the molecule is CC(C)Cc1cc2c(cc1CC(C)C)[C@@H](N1C(=O)C=CC1=O)C[C@@H]2CC(C)C. The Morgan fingerprint density at radius 2 is 1.32 bits per heavy atom. The van der Waals surface area contributed by atoms with Crippen LogP contribution in [0.1, 0.15) is 88.6 Å². The maximum atomic E-state index is 12.4. The van der Waals surface area contributed by atoms with E-state index in [1.54, 1.807) is 0 Å². The quantitative estimate of drug-likeness (QED) is 0.578. The largest absolute Gasteiger partial charge is 0.269 e. The van der Waals surface area contributed by atoms with E-state index < -0.39 is 0 Å². The van der Waals surface area contributed by atoms with E-state index in [2.05, 4.69) is 53.7 Å². The summed E-state index contributed by atoms with van der Waals surface area (Å²) < 4.78 is 0. The van der Waals surface area contributed by atoms with Crippen LogP contribution in [0.15, 0.2) is 24.3 Å². The zero-order valence-electron chi connectivity index (χ0n) is 18.3. The second-order valence-corrected chi connectivity index (χ2v) is 9.90. The van der Waals surface area contributed by atoms with Crippen LogP contribution in [0.5, 0.6) is 0 Å². The molecule has 3 rings (SSSR count). The molecular formula is C25H35NO2. The summed E-state index contributed by atoms with van der Waals surface area (Å²) in [4.78, 5) is 26.3. The molecule has 0 saturated carbocycles. The fourth-order valence-electron chi connectivity index (χ4n) is 4.91. The normalized spacial score (nSPS) is 21.7. The number of rotatable bonds is 7. The van der Waals surface area contributed by atoms with E-state index in [0.29, 0.717) is 23.7 Å². The van der Waals surface area contributed by atoms with Gasteiger partial charge in [-0.2, -0.15) is 0 Å². The zero-order chi connectivity index (χ0) is 20.6. The molecular weight excluding hydrogens is 346 g/mol. The number of hydrogen-bond acceptors (Lipinski definition) is 2. The molecule has 0 bridgehead atoms. The lowest BCUT2D eigenvalue weighted by molar-refractivity contribution is -0.139. The smallest absolute Gasteiger partial charge is 0.254 e. The fourth-order valence-corrected chi connectivity index (χ4v) is 4.91. The lowest BCUT2D eigenvalue weighted by Crippen LogP contribution is -2.33. The topological polar surface area (TPSA) is 37.4 Å². The lowest BCUT2D eigenvalue weighted by atomic mass is 9.86. The average molecular weight is 382 g/mol. The van der Waals surface area contributed by atoms with Crippen LogP contribution in [0, 0.1) is 17.8 Å². The first-order chi connectivity index (χ1) is 13.2. The summed E-state index contributed by atoms with van der Waals surface area (Å²) in [6, 6.07) is 4.63. The number of fused-ring (bicyclic) bond motifs is 1. The Morgan fingerprint density at radius 1 is 0.821 bits per heavy atom. The summed E-state index contributed by atoms with van der Waals surface area (Å²) in [6.45, 7) is 13.6. The van der Waals surface area contributed by atoms with Crippen LogP contribution in [-0.2, 0) is 22.4 Å². The molecule has 28 heavy (non-hydrogen) atoms. The van der Waals surface area contributed by atoms with Crippen molar-refractivity contribution in [3.05, 3.63) is 46.5 Å². The van der Waals surface area contributed by atoms with Crippen molar-refractivity contribution in [2.24, 2.45) is 17.8 Å². The van der Waals surface area contributed by atoms with Crippen molar-refractivity contribution in [3.8, 4) is 0 Å². The molecule has 1 heterocycles. The van der Waals surface area contributed by atoms with Crippen molar-refractivity contribution in [3.63, 3.8) is 0 Å². The molecule has 0 fully saturated rings. The Kier molecular flexibility index (Phi) is 6.12. The van der Waals surface area contributed by atoms with Gasteiger partial charge in [0.2, 0.25) is 0 Å². The molecule has 0 unspecified atom stereocenters. The number of imide groups is 1. The monoisotopic (exact) mass is 381 g/mol. The minimum Gasteiger partial charge on any atom is -0.269 e. The summed E-state index contributed by atoms with van der Waals surface area (Å²) >= 11 is 0. The molecule has 1 aromatic carbocycles. The maximum absolute atomic E-state index is 12.4. The van der Waals surface area contributed by atoms with Crippen molar-refractivity contribution >= 4 is 11.8 Å². The zero-order valence-corrected chi connectivity index (χ0v) is 18.3. The minimum absolute atomic E-state index is 0.118. The Labute approximate surface area is 170 Å². The van der Waals surface area contributed by atoms with E-state index in [9.17, 15) is 9.59 Å². The van der Waals surface area contributed by atoms with Crippen LogP contribution >= 0.6 is 0 Å². The molecule has 0 spiro atoms. The number of benzene rings is 1. The van der Waals surface area contributed by atoms with Gasteiger partial charge >= 0.3 is 0 Å². The predicted molar refractivity (Wildman–Crippen MR) is 114 cm³/mol. The van der Waals surface area contributed by atoms with Gasteiger partial charge in [-0.15, -0.1) is 0 Å². The molecule has 0 radical (unpaired) electrons. The molecule has 0 N–H and O–H groups in total. The van der Waals surface area contributed by atoms with Gasteiger partial charge in [-0.25, -0.2) is 0 Å². The maximum Gasteiger partial charge on any atom is 0.254 e. The molecule has 2 amide bonds. The van der Waals surface area contributed by atoms with E-state index in [-0.39, 0.29) is 17.9 Å². The van der Waals surface area contributed by atoms with Gasteiger partial charge in [0.05, 0.1) is 6.04 Å². The van der Waals surface area contributed by atoms with Crippen molar-refractivity contribution in [2.75, 3.05) is 0 Å². The van der Waals surface area contributed by atoms with Gasteiger partial charge < -0.3 is 0 Å². The molecule has 1 aliphatic carbocycles. The van der Waals surface area contributed by atoms with Crippen LogP contribution in [-0.4, -0.2) is 16.7 Å². The van der Waals surface area contributed by atoms with Gasteiger partial charge in [0.15, 0.2) is 0 Å². The first kappa shape index (κ1) is 20.8. The van der Waals surface area contributed by atoms with Crippen molar-refractivity contribution in [1.29, 1.82) is 0 Å². The molecule has 1 aliphatic heterocycles. The minimum atomic E-state index is -0.164. The first-order valence-electron chi connectivity index (χ1n) is 10.9. The third kappa shape index (κ3) is 4.24. The Balaban J connectivity index is 2.08. The summed E-state index contributed by atoms with van der Waals surface area (Å²) in [5, 5.41) is 0. The van der Waals surface area contributed by atoms with Gasteiger partial charge in [0.25, 0.3) is 11.8 Å². The predicted octanol–water partition coefficient (Wildman–Crippen LogP) is 5.58. The van der Waals surface area contributed by atoms with E-state index in [4.69, 9.17) is 0 Å². The van der Waals surface area contributed by atoms with E-state index >= 15 is 0 Å². The van der Waals surface area contributed by atoms with Gasteiger partial charge in [-0.3, -0.25) is 14.5 Å². The fraction of sp³-hybridized carbons (Fsp3) is 0.600. The van der Waals surface area contributed by atoms with Crippen LogP contribution in [0.4, 0.5) is 0 Å². The third-order valence-corrected chi connectivity index (χ3v) is 5.88. The molecule has 3 nitrogen and oxygen atoms in total. The molecule has 0 saturated heterocycles. The van der Waals surface area contributed by atoms with Gasteiger partial charge in [0.1, 0.15) is 0 Å². The van der Waals surface area contributed by atoms with Crippen LogP contribution in [0.2, 0.25) is 0 Å². The van der Waals surface area contributed by atoms with Gasteiger partial charge in [0, 0.05) is 12.2 Å². The van der Waals surface area contributed by atoms with Crippen molar-refractivity contribution in [1.82, 2.24) is 4.90 Å². The second kappa shape index (κ2) is 8.23. The van der Waals surface area contributed by atoms with Gasteiger partial charge in [-0.05, 0) is 71.6 Å².